The Kier molecular flexibility index (Phi) is 1.73. The number of nitrogens with zero attached hydrogens (tertiary/aromatic N) is 3. The number of imidazole rings is 1. The van der Waals surface area contributed by atoms with E-state index in [9.17, 15) is 0 Å². The minimum atomic E-state index is -0.169. The van der Waals surface area contributed by atoms with Crippen LogP contribution in [0.4, 0.5) is 0 Å². The molecule has 0 fully saturated rings. The number of nitrogens with one attached hydrogen (secondary N) is 1. The van der Waals surface area contributed by atoms with Crippen molar-refractivity contribution >= 4 is 11.2 Å². The number of ether oxygens (including phenoxy) is 1. The molecule has 0 aliphatic rings. The van der Waals surface area contributed by atoms with Crippen molar-refractivity contribution in [3.05, 3.63) is 6.20 Å². The average molecular weight is 180 g/mol. The first-order valence-corrected chi connectivity index (χ1v) is 3.84. The van der Waals surface area contributed by atoms with E-state index < -0.39 is 0 Å². The number of rotatable bonds is 2. The van der Waals surface area contributed by atoms with Crippen LogP contribution in [0.5, 0.6) is 12.0 Å². The first-order chi connectivity index (χ1) is 6.29. The van der Waals surface area contributed by atoms with Crippen LogP contribution in [-0.4, -0.2) is 31.6 Å². The van der Waals surface area contributed by atoms with Crippen molar-refractivity contribution in [2.45, 2.75) is 6.92 Å². The second-order valence-corrected chi connectivity index (χ2v) is 2.38. The number of fused-ring (bicyclic) bond motifs is 1. The van der Waals surface area contributed by atoms with E-state index in [1.54, 1.807) is 0 Å². The van der Waals surface area contributed by atoms with Gasteiger partial charge in [0.1, 0.15) is 5.52 Å². The second-order valence-electron chi connectivity index (χ2n) is 2.38. The highest BCUT2D eigenvalue weighted by Gasteiger charge is 2.04. The van der Waals surface area contributed by atoms with E-state index in [-0.39, 0.29) is 12.0 Å². The summed E-state index contributed by atoms with van der Waals surface area (Å²) < 4.78 is 5.07. The topological polar surface area (TPSA) is 83.9 Å². The first-order valence-electron chi connectivity index (χ1n) is 3.84. The molecule has 0 aliphatic heterocycles. The zero-order valence-electron chi connectivity index (χ0n) is 6.98. The average Bonchev–Trinajstić information content (AvgIpc) is 2.44. The molecular weight excluding hydrogens is 172 g/mol. The Morgan fingerprint density at radius 1 is 1.54 bits per heavy atom. The molecule has 0 aromatic carbocycles. The summed E-state index contributed by atoms with van der Waals surface area (Å²) >= 11 is 0. The van der Waals surface area contributed by atoms with Gasteiger partial charge in [0.05, 0.1) is 12.8 Å². The van der Waals surface area contributed by atoms with Crippen molar-refractivity contribution in [2.75, 3.05) is 6.61 Å². The fourth-order valence-corrected chi connectivity index (χ4v) is 0.980. The molecule has 2 aromatic rings. The Morgan fingerprint density at radius 3 is 3.15 bits per heavy atom. The van der Waals surface area contributed by atoms with E-state index in [4.69, 9.17) is 9.84 Å². The van der Waals surface area contributed by atoms with Crippen molar-refractivity contribution in [3.8, 4) is 12.0 Å². The predicted octanol–water partition coefficient (Wildman–Crippen LogP) is 0.457. The van der Waals surface area contributed by atoms with E-state index in [1.165, 1.54) is 6.20 Å². The molecule has 0 spiro atoms. The molecule has 13 heavy (non-hydrogen) atoms. The fourth-order valence-electron chi connectivity index (χ4n) is 0.980. The number of aromatic hydroxyl groups is 1. The number of aromatic amines is 1. The van der Waals surface area contributed by atoms with Gasteiger partial charge >= 0.3 is 6.01 Å². The summed E-state index contributed by atoms with van der Waals surface area (Å²) in [6.07, 6.45) is 1.49. The van der Waals surface area contributed by atoms with E-state index in [0.717, 1.165) is 0 Å². The molecular formula is C7H8N4O2. The van der Waals surface area contributed by atoms with Gasteiger partial charge in [-0.2, -0.15) is 9.97 Å². The maximum atomic E-state index is 9.00. The number of aromatic nitrogens is 4. The molecule has 2 rings (SSSR count). The van der Waals surface area contributed by atoms with Crippen molar-refractivity contribution < 1.29 is 9.84 Å². The number of H-pyrrole nitrogens is 1. The predicted molar refractivity (Wildman–Crippen MR) is 44.5 cm³/mol. The normalized spacial score (nSPS) is 10.5. The molecule has 68 valence electrons. The first kappa shape index (κ1) is 7.78. The molecule has 2 aromatic heterocycles. The molecule has 6 nitrogen and oxygen atoms in total. The van der Waals surface area contributed by atoms with Crippen LogP contribution in [0.15, 0.2) is 6.20 Å². The molecule has 0 unspecified atom stereocenters. The van der Waals surface area contributed by atoms with E-state index in [0.29, 0.717) is 17.8 Å². The van der Waals surface area contributed by atoms with Crippen LogP contribution in [0.25, 0.3) is 11.2 Å². The summed E-state index contributed by atoms with van der Waals surface area (Å²) in [6.45, 7) is 2.35. The van der Waals surface area contributed by atoms with Crippen molar-refractivity contribution in [3.63, 3.8) is 0 Å². The summed E-state index contributed by atoms with van der Waals surface area (Å²) in [6, 6.07) is 0.108. The van der Waals surface area contributed by atoms with Gasteiger partial charge in [-0.3, -0.25) is 4.98 Å². The maximum absolute atomic E-state index is 9.00. The smallest absolute Gasteiger partial charge is 0.318 e. The fraction of sp³-hybridized carbons (Fsp3) is 0.286. The van der Waals surface area contributed by atoms with Crippen LogP contribution in [0.3, 0.4) is 0 Å². The third-order valence-electron chi connectivity index (χ3n) is 1.48. The standard InChI is InChI=1S/C7H8N4O2/c1-2-13-7-8-3-4-5(11-7)10-6(12)9-4/h3H,2H2,1H3,(H2,8,9,10,11,12). The summed E-state index contributed by atoms with van der Waals surface area (Å²) in [5.41, 5.74) is 0.983. The van der Waals surface area contributed by atoms with Gasteiger partial charge in [0.2, 0.25) is 0 Å². The van der Waals surface area contributed by atoms with Gasteiger partial charge in [0, 0.05) is 0 Å². The van der Waals surface area contributed by atoms with Crippen LogP contribution >= 0.6 is 0 Å². The molecule has 0 saturated carbocycles. The van der Waals surface area contributed by atoms with Gasteiger partial charge < -0.3 is 9.84 Å². The lowest BCUT2D eigenvalue weighted by Crippen LogP contribution is -1.96. The monoisotopic (exact) mass is 180 g/mol. The third-order valence-corrected chi connectivity index (χ3v) is 1.48. The highest BCUT2D eigenvalue weighted by Crippen LogP contribution is 2.13. The van der Waals surface area contributed by atoms with Gasteiger partial charge in [-0.1, -0.05) is 0 Å². The van der Waals surface area contributed by atoms with Crippen LogP contribution < -0.4 is 4.74 Å². The maximum Gasteiger partial charge on any atom is 0.318 e. The number of hydrogen-bond acceptors (Lipinski definition) is 5. The van der Waals surface area contributed by atoms with E-state index >= 15 is 0 Å². The quantitative estimate of drug-likeness (QED) is 0.701. The van der Waals surface area contributed by atoms with Gasteiger partial charge in [0.25, 0.3) is 6.01 Å². The van der Waals surface area contributed by atoms with Crippen molar-refractivity contribution in [1.82, 2.24) is 19.9 Å². The molecule has 2 heterocycles. The Labute approximate surface area is 73.6 Å². The SMILES string of the molecule is CCOc1ncc2nc(O)[nH]c2n1. The van der Waals surface area contributed by atoms with Gasteiger partial charge in [-0.25, -0.2) is 4.98 Å². The van der Waals surface area contributed by atoms with Crippen LogP contribution in [0.2, 0.25) is 0 Å². The van der Waals surface area contributed by atoms with Gasteiger partial charge in [-0.15, -0.1) is 0 Å². The van der Waals surface area contributed by atoms with Crippen LogP contribution in [0, 0.1) is 0 Å². The van der Waals surface area contributed by atoms with Crippen molar-refractivity contribution in [2.24, 2.45) is 0 Å². The molecule has 0 radical (unpaired) electrons. The Hall–Kier alpha value is -1.85. The summed E-state index contributed by atoms with van der Waals surface area (Å²) in [5, 5.41) is 9.00. The Bertz CT molecular complexity index is 425. The van der Waals surface area contributed by atoms with Crippen LogP contribution in [0.1, 0.15) is 6.92 Å². The zero-order valence-corrected chi connectivity index (χ0v) is 6.98. The highest BCUT2D eigenvalue weighted by molar-refractivity contribution is 5.70. The summed E-state index contributed by atoms with van der Waals surface area (Å²) in [7, 11) is 0. The molecule has 0 amide bonds. The van der Waals surface area contributed by atoms with Gasteiger partial charge in [0.15, 0.2) is 5.65 Å². The van der Waals surface area contributed by atoms with Crippen molar-refractivity contribution in [1.29, 1.82) is 0 Å². The minimum Gasteiger partial charge on any atom is -0.480 e. The highest BCUT2D eigenvalue weighted by atomic mass is 16.5. The lowest BCUT2D eigenvalue weighted by atomic mass is 10.6. The van der Waals surface area contributed by atoms with Crippen LogP contribution in [-0.2, 0) is 0 Å². The molecule has 0 bridgehead atoms. The molecule has 2 N–H and O–H groups in total. The molecule has 0 atom stereocenters. The molecule has 0 saturated heterocycles. The van der Waals surface area contributed by atoms with E-state index in [1.807, 2.05) is 6.92 Å². The Balaban J connectivity index is 2.48. The molecule has 6 heteroatoms. The van der Waals surface area contributed by atoms with E-state index in [2.05, 4.69) is 19.9 Å². The third kappa shape index (κ3) is 1.37. The lowest BCUT2D eigenvalue weighted by molar-refractivity contribution is 0.314. The summed E-state index contributed by atoms with van der Waals surface area (Å²) in [5.74, 6) is 0. The Morgan fingerprint density at radius 2 is 2.38 bits per heavy atom. The second kappa shape index (κ2) is 2.89. The lowest BCUT2D eigenvalue weighted by Gasteiger charge is -1.97. The minimum absolute atomic E-state index is 0.169. The molecule has 0 aliphatic carbocycles. The summed E-state index contributed by atoms with van der Waals surface area (Å²) in [4.78, 5) is 14.2. The zero-order chi connectivity index (χ0) is 9.26. The number of hydrogen-bond donors (Lipinski definition) is 2. The van der Waals surface area contributed by atoms with Gasteiger partial charge in [-0.05, 0) is 6.92 Å². The largest absolute Gasteiger partial charge is 0.480 e.